The minimum atomic E-state index is -0.355. The summed E-state index contributed by atoms with van der Waals surface area (Å²) in [6.07, 6.45) is 3.47. The summed E-state index contributed by atoms with van der Waals surface area (Å²) in [7, 11) is 0. The quantitative estimate of drug-likeness (QED) is 0.824. The van der Waals surface area contributed by atoms with E-state index in [0.29, 0.717) is 17.7 Å². The number of amides is 1. The van der Waals surface area contributed by atoms with Crippen LogP contribution >= 0.6 is 0 Å². The van der Waals surface area contributed by atoms with Crippen LogP contribution in [-0.4, -0.2) is 22.6 Å². The number of halogens is 1. The van der Waals surface area contributed by atoms with Gasteiger partial charge in [0.15, 0.2) is 0 Å². The molecule has 5 heteroatoms. The first-order valence-electron chi connectivity index (χ1n) is 6.61. The van der Waals surface area contributed by atoms with Gasteiger partial charge in [-0.1, -0.05) is 6.07 Å². The summed E-state index contributed by atoms with van der Waals surface area (Å²) in [4.78, 5) is 11.8. The number of nitrogens with one attached hydrogen (secondary N) is 2. The van der Waals surface area contributed by atoms with Crippen LogP contribution in [0, 0.1) is 19.7 Å². The van der Waals surface area contributed by atoms with E-state index in [1.165, 1.54) is 6.07 Å². The smallest absolute Gasteiger partial charge is 0.251 e. The first-order chi connectivity index (χ1) is 9.58. The molecule has 1 heterocycles. The molecule has 0 saturated carbocycles. The lowest BCUT2D eigenvalue weighted by Gasteiger charge is -2.06. The number of hydrogen-bond acceptors (Lipinski definition) is 2. The molecular formula is C15H18FN3O. The van der Waals surface area contributed by atoms with Crippen molar-refractivity contribution in [2.75, 3.05) is 6.54 Å². The number of aromatic nitrogens is 2. The molecule has 0 aliphatic heterocycles. The van der Waals surface area contributed by atoms with Crippen molar-refractivity contribution in [3.05, 3.63) is 52.6 Å². The fraction of sp³-hybridized carbons (Fsp3) is 0.333. The third-order valence-electron chi connectivity index (χ3n) is 3.28. The topological polar surface area (TPSA) is 57.8 Å². The predicted molar refractivity (Wildman–Crippen MR) is 75.1 cm³/mol. The molecule has 2 rings (SSSR count). The van der Waals surface area contributed by atoms with Crippen molar-refractivity contribution < 1.29 is 9.18 Å². The monoisotopic (exact) mass is 275 g/mol. The summed E-state index contributed by atoms with van der Waals surface area (Å²) in [5.74, 6) is -0.598. The number of aromatic amines is 1. The Morgan fingerprint density at radius 2 is 2.20 bits per heavy atom. The summed E-state index contributed by atoms with van der Waals surface area (Å²) in [6, 6.07) is 4.51. The number of benzene rings is 1. The lowest BCUT2D eigenvalue weighted by molar-refractivity contribution is 0.0953. The fourth-order valence-electron chi connectivity index (χ4n) is 1.94. The molecule has 0 aliphatic carbocycles. The average Bonchev–Trinajstić information content (AvgIpc) is 2.83. The average molecular weight is 275 g/mol. The van der Waals surface area contributed by atoms with Gasteiger partial charge >= 0.3 is 0 Å². The number of hydrogen-bond donors (Lipinski definition) is 2. The van der Waals surface area contributed by atoms with Crippen LogP contribution in [0.25, 0.3) is 0 Å². The van der Waals surface area contributed by atoms with E-state index in [2.05, 4.69) is 15.5 Å². The zero-order valence-corrected chi connectivity index (χ0v) is 11.7. The highest BCUT2D eigenvalue weighted by molar-refractivity contribution is 5.94. The van der Waals surface area contributed by atoms with Crippen LogP contribution in [0.5, 0.6) is 0 Å². The van der Waals surface area contributed by atoms with Crippen molar-refractivity contribution in [2.45, 2.75) is 26.7 Å². The maximum absolute atomic E-state index is 13.4. The highest BCUT2D eigenvalue weighted by Crippen LogP contribution is 2.09. The SMILES string of the molecule is Cc1ccc(C(=O)NCCCc2cn[nH]c2C)cc1F. The van der Waals surface area contributed by atoms with Crippen molar-refractivity contribution in [2.24, 2.45) is 0 Å². The van der Waals surface area contributed by atoms with Gasteiger partial charge in [0.2, 0.25) is 0 Å². The van der Waals surface area contributed by atoms with E-state index >= 15 is 0 Å². The van der Waals surface area contributed by atoms with Gasteiger partial charge in [0.1, 0.15) is 5.82 Å². The predicted octanol–water partition coefficient (Wildman–Crippen LogP) is 2.53. The van der Waals surface area contributed by atoms with E-state index in [0.717, 1.165) is 24.1 Å². The van der Waals surface area contributed by atoms with E-state index < -0.39 is 0 Å². The summed E-state index contributed by atoms with van der Waals surface area (Å²) >= 11 is 0. The molecule has 106 valence electrons. The third kappa shape index (κ3) is 3.44. The Bertz CT molecular complexity index is 607. The molecule has 0 bridgehead atoms. The van der Waals surface area contributed by atoms with Gasteiger partial charge in [-0.3, -0.25) is 9.89 Å². The molecule has 0 atom stereocenters. The standard InChI is InChI=1S/C15H18FN3O/c1-10-5-6-12(8-14(10)16)15(20)17-7-3-4-13-9-18-19-11(13)2/h5-6,8-9H,3-4,7H2,1-2H3,(H,17,20)(H,18,19). The number of carbonyl (C=O) groups is 1. The van der Waals surface area contributed by atoms with Crippen molar-refractivity contribution in [1.29, 1.82) is 0 Å². The second kappa shape index (κ2) is 6.32. The van der Waals surface area contributed by atoms with Crippen LogP contribution < -0.4 is 5.32 Å². The van der Waals surface area contributed by atoms with Crippen molar-refractivity contribution in [3.63, 3.8) is 0 Å². The summed E-state index contributed by atoms with van der Waals surface area (Å²) < 4.78 is 13.4. The Morgan fingerprint density at radius 1 is 1.40 bits per heavy atom. The van der Waals surface area contributed by atoms with Gasteiger partial charge in [0.25, 0.3) is 5.91 Å². The third-order valence-corrected chi connectivity index (χ3v) is 3.28. The Kier molecular flexibility index (Phi) is 4.50. The van der Waals surface area contributed by atoms with Gasteiger partial charge in [-0.05, 0) is 49.9 Å². The molecule has 0 unspecified atom stereocenters. The van der Waals surface area contributed by atoms with Crippen LogP contribution in [0.15, 0.2) is 24.4 Å². The number of H-pyrrole nitrogens is 1. The number of rotatable bonds is 5. The van der Waals surface area contributed by atoms with Crippen LogP contribution in [0.4, 0.5) is 4.39 Å². The van der Waals surface area contributed by atoms with E-state index in [-0.39, 0.29) is 11.7 Å². The van der Waals surface area contributed by atoms with Crippen LogP contribution in [0.2, 0.25) is 0 Å². The molecule has 1 aromatic carbocycles. The Labute approximate surface area is 117 Å². The summed E-state index contributed by atoms with van der Waals surface area (Å²) in [5.41, 5.74) is 3.10. The summed E-state index contributed by atoms with van der Waals surface area (Å²) in [6.45, 7) is 4.19. The van der Waals surface area contributed by atoms with Crippen molar-refractivity contribution in [1.82, 2.24) is 15.5 Å². The molecule has 0 aliphatic rings. The number of nitrogens with zero attached hydrogens (tertiary/aromatic N) is 1. The maximum Gasteiger partial charge on any atom is 0.251 e. The lowest BCUT2D eigenvalue weighted by atomic mass is 10.1. The van der Waals surface area contributed by atoms with Gasteiger partial charge in [-0.2, -0.15) is 5.10 Å². The minimum absolute atomic E-state index is 0.243. The van der Waals surface area contributed by atoms with Gasteiger partial charge in [0.05, 0.1) is 6.20 Å². The molecule has 20 heavy (non-hydrogen) atoms. The molecule has 0 spiro atoms. The molecule has 0 fully saturated rings. The van der Waals surface area contributed by atoms with Gasteiger partial charge < -0.3 is 5.32 Å². The largest absolute Gasteiger partial charge is 0.352 e. The van der Waals surface area contributed by atoms with Gasteiger partial charge in [-0.15, -0.1) is 0 Å². The fourth-order valence-corrected chi connectivity index (χ4v) is 1.94. The molecule has 2 aromatic rings. The first kappa shape index (κ1) is 14.2. The second-order valence-corrected chi connectivity index (χ2v) is 4.84. The molecule has 0 saturated heterocycles. The molecule has 4 nitrogen and oxygen atoms in total. The van der Waals surface area contributed by atoms with Crippen LogP contribution in [0.3, 0.4) is 0 Å². The van der Waals surface area contributed by atoms with Crippen LogP contribution in [0.1, 0.15) is 33.6 Å². The minimum Gasteiger partial charge on any atom is -0.352 e. The summed E-state index contributed by atoms with van der Waals surface area (Å²) in [5, 5.41) is 9.62. The highest BCUT2D eigenvalue weighted by atomic mass is 19.1. The van der Waals surface area contributed by atoms with E-state index in [1.54, 1.807) is 25.3 Å². The first-order valence-corrected chi connectivity index (χ1v) is 6.61. The van der Waals surface area contributed by atoms with Gasteiger partial charge in [-0.25, -0.2) is 4.39 Å². The van der Waals surface area contributed by atoms with E-state index in [1.807, 2.05) is 6.92 Å². The van der Waals surface area contributed by atoms with E-state index in [9.17, 15) is 9.18 Å². The molecule has 1 aromatic heterocycles. The van der Waals surface area contributed by atoms with Crippen molar-refractivity contribution in [3.8, 4) is 0 Å². The zero-order chi connectivity index (χ0) is 14.5. The number of carbonyl (C=O) groups excluding carboxylic acids is 1. The zero-order valence-electron chi connectivity index (χ0n) is 11.7. The molecular weight excluding hydrogens is 257 g/mol. The lowest BCUT2D eigenvalue weighted by Crippen LogP contribution is -2.24. The molecule has 1 amide bonds. The maximum atomic E-state index is 13.4. The van der Waals surface area contributed by atoms with Crippen LogP contribution in [-0.2, 0) is 6.42 Å². The van der Waals surface area contributed by atoms with Crippen molar-refractivity contribution >= 4 is 5.91 Å². The molecule has 0 radical (unpaired) electrons. The van der Waals surface area contributed by atoms with E-state index in [4.69, 9.17) is 0 Å². The highest BCUT2D eigenvalue weighted by Gasteiger charge is 2.07. The molecule has 2 N–H and O–H groups in total. The Hall–Kier alpha value is -2.17. The second-order valence-electron chi connectivity index (χ2n) is 4.84. The normalized spacial score (nSPS) is 10.6. The number of aryl methyl sites for hydroxylation is 3. The Morgan fingerprint density at radius 3 is 2.85 bits per heavy atom. The Balaban J connectivity index is 1.80. The van der Waals surface area contributed by atoms with Gasteiger partial charge in [0, 0.05) is 17.8 Å².